The highest BCUT2D eigenvalue weighted by atomic mass is 16.7. The van der Waals surface area contributed by atoms with E-state index in [-0.39, 0.29) is 6.29 Å². The molecule has 0 aliphatic carbocycles. The summed E-state index contributed by atoms with van der Waals surface area (Å²) in [6, 6.07) is 0. The molecular weight excluding hydrogens is 144 g/mol. The average Bonchev–Trinajstić information content (AvgIpc) is 2.55. The average molecular weight is 154 g/mol. The number of aromatic nitrogens is 2. The molecule has 1 aliphatic rings. The summed E-state index contributed by atoms with van der Waals surface area (Å²) in [7, 11) is 1.92. The van der Waals surface area contributed by atoms with Crippen LogP contribution in [0.25, 0.3) is 0 Å². The van der Waals surface area contributed by atoms with Crippen molar-refractivity contribution in [3.8, 4) is 0 Å². The highest BCUT2D eigenvalue weighted by Crippen LogP contribution is 2.20. The van der Waals surface area contributed by atoms with Gasteiger partial charge in [0.25, 0.3) is 0 Å². The number of rotatable bonds is 1. The summed E-state index contributed by atoms with van der Waals surface area (Å²) < 4.78 is 12.4. The molecule has 4 nitrogen and oxygen atoms in total. The summed E-state index contributed by atoms with van der Waals surface area (Å²) in [5.74, 6) is 0.836. The SMILES string of the molecule is Cn1ccnc1C1OCCO1. The van der Waals surface area contributed by atoms with Crippen molar-refractivity contribution in [2.45, 2.75) is 6.29 Å². The third kappa shape index (κ3) is 1.15. The Morgan fingerprint density at radius 2 is 2.27 bits per heavy atom. The largest absolute Gasteiger partial charge is 0.343 e. The van der Waals surface area contributed by atoms with Gasteiger partial charge in [-0.2, -0.15) is 0 Å². The van der Waals surface area contributed by atoms with Crippen molar-refractivity contribution in [1.29, 1.82) is 0 Å². The fourth-order valence-corrected chi connectivity index (χ4v) is 1.11. The maximum absolute atomic E-state index is 5.27. The molecule has 0 spiro atoms. The molecule has 4 heteroatoms. The van der Waals surface area contributed by atoms with E-state index in [2.05, 4.69) is 4.98 Å². The van der Waals surface area contributed by atoms with Crippen molar-refractivity contribution < 1.29 is 9.47 Å². The molecule has 2 heterocycles. The molecule has 1 aromatic rings. The molecule has 0 amide bonds. The van der Waals surface area contributed by atoms with E-state index in [4.69, 9.17) is 9.47 Å². The van der Waals surface area contributed by atoms with Crippen LogP contribution in [0.5, 0.6) is 0 Å². The number of imidazole rings is 1. The van der Waals surface area contributed by atoms with Crippen molar-refractivity contribution in [1.82, 2.24) is 9.55 Å². The number of ether oxygens (including phenoxy) is 2. The minimum Gasteiger partial charge on any atom is -0.343 e. The summed E-state index contributed by atoms with van der Waals surface area (Å²) in [6.07, 6.45) is 3.36. The smallest absolute Gasteiger partial charge is 0.217 e. The Bertz CT molecular complexity index is 240. The Morgan fingerprint density at radius 1 is 1.55 bits per heavy atom. The highest BCUT2D eigenvalue weighted by molar-refractivity contribution is 4.93. The zero-order chi connectivity index (χ0) is 7.68. The lowest BCUT2D eigenvalue weighted by Gasteiger charge is -2.07. The lowest BCUT2D eigenvalue weighted by molar-refractivity contribution is -0.0524. The summed E-state index contributed by atoms with van der Waals surface area (Å²) in [5, 5.41) is 0. The number of hydrogen-bond donors (Lipinski definition) is 0. The topological polar surface area (TPSA) is 36.3 Å². The van der Waals surface area contributed by atoms with Crippen molar-refractivity contribution in [2.75, 3.05) is 13.2 Å². The van der Waals surface area contributed by atoms with E-state index in [1.54, 1.807) is 6.20 Å². The fourth-order valence-electron chi connectivity index (χ4n) is 1.11. The van der Waals surface area contributed by atoms with Crippen LogP contribution in [0.15, 0.2) is 12.4 Å². The highest BCUT2D eigenvalue weighted by Gasteiger charge is 2.21. The van der Waals surface area contributed by atoms with E-state index in [1.807, 2.05) is 17.8 Å². The predicted octanol–water partition coefficient (Wildman–Crippen LogP) is 0.465. The molecule has 1 aromatic heterocycles. The Kier molecular flexibility index (Phi) is 1.63. The predicted molar refractivity (Wildman–Crippen MR) is 37.9 cm³/mol. The van der Waals surface area contributed by atoms with Crippen LogP contribution in [-0.4, -0.2) is 22.8 Å². The maximum atomic E-state index is 5.27. The van der Waals surface area contributed by atoms with Crippen molar-refractivity contribution in [2.24, 2.45) is 7.05 Å². The Morgan fingerprint density at radius 3 is 2.82 bits per heavy atom. The van der Waals surface area contributed by atoms with E-state index in [9.17, 15) is 0 Å². The van der Waals surface area contributed by atoms with Crippen molar-refractivity contribution in [3.63, 3.8) is 0 Å². The molecule has 1 saturated heterocycles. The normalized spacial score (nSPS) is 19.4. The van der Waals surface area contributed by atoms with Gasteiger partial charge in [-0.25, -0.2) is 4.98 Å². The molecule has 0 radical (unpaired) electrons. The molecule has 0 saturated carbocycles. The van der Waals surface area contributed by atoms with Gasteiger partial charge in [0.15, 0.2) is 5.82 Å². The zero-order valence-electron chi connectivity index (χ0n) is 6.36. The second kappa shape index (κ2) is 2.64. The van der Waals surface area contributed by atoms with Crippen LogP contribution in [0, 0.1) is 0 Å². The molecule has 11 heavy (non-hydrogen) atoms. The van der Waals surface area contributed by atoms with Crippen molar-refractivity contribution >= 4 is 0 Å². The van der Waals surface area contributed by atoms with Crippen LogP contribution in [0.1, 0.15) is 12.1 Å². The molecular formula is C7H10N2O2. The molecule has 0 atom stereocenters. The van der Waals surface area contributed by atoms with E-state index in [1.165, 1.54) is 0 Å². The fraction of sp³-hybridized carbons (Fsp3) is 0.571. The van der Waals surface area contributed by atoms with Gasteiger partial charge in [-0.05, 0) is 0 Å². The van der Waals surface area contributed by atoms with Gasteiger partial charge >= 0.3 is 0 Å². The number of hydrogen-bond acceptors (Lipinski definition) is 3. The molecule has 0 N–H and O–H groups in total. The van der Waals surface area contributed by atoms with Gasteiger partial charge in [-0.3, -0.25) is 0 Å². The van der Waals surface area contributed by atoms with Crippen LogP contribution in [0.3, 0.4) is 0 Å². The standard InChI is InChI=1S/C7H10N2O2/c1-9-3-2-8-6(9)7-10-4-5-11-7/h2-3,7H,4-5H2,1H3. The van der Waals surface area contributed by atoms with Gasteiger partial charge in [0.2, 0.25) is 6.29 Å². The van der Waals surface area contributed by atoms with Crippen LogP contribution in [0.4, 0.5) is 0 Å². The molecule has 0 aromatic carbocycles. The second-order valence-electron chi connectivity index (χ2n) is 2.47. The van der Waals surface area contributed by atoms with Crippen LogP contribution in [0.2, 0.25) is 0 Å². The summed E-state index contributed by atoms with van der Waals surface area (Å²) in [4.78, 5) is 4.11. The minimum atomic E-state index is -0.255. The van der Waals surface area contributed by atoms with E-state index >= 15 is 0 Å². The first-order chi connectivity index (χ1) is 5.38. The van der Waals surface area contributed by atoms with Crippen LogP contribution in [-0.2, 0) is 16.5 Å². The Labute approximate surface area is 64.8 Å². The first kappa shape index (κ1) is 6.82. The quantitative estimate of drug-likeness (QED) is 0.589. The molecule has 0 unspecified atom stereocenters. The third-order valence-electron chi connectivity index (χ3n) is 1.69. The minimum absolute atomic E-state index is 0.255. The van der Waals surface area contributed by atoms with Gasteiger partial charge in [-0.1, -0.05) is 0 Å². The lowest BCUT2D eigenvalue weighted by atomic mass is 10.6. The van der Waals surface area contributed by atoms with Gasteiger partial charge in [0.05, 0.1) is 13.2 Å². The molecule has 2 rings (SSSR count). The van der Waals surface area contributed by atoms with Gasteiger partial charge in [0.1, 0.15) is 0 Å². The van der Waals surface area contributed by atoms with Gasteiger partial charge in [-0.15, -0.1) is 0 Å². The summed E-state index contributed by atoms with van der Waals surface area (Å²) in [6.45, 7) is 1.33. The molecule has 0 bridgehead atoms. The first-order valence-corrected chi connectivity index (χ1v) is 3.58. The Balaban J connectivity index is 2.21. The second-order valence-corrected chi connectivity index (χ2v) is 2.47. The van der Waals surface area contributed by atoms with Crippen LogP contribution < -0.4 is 0 Å². The van der Waals surface area contributed by atoms with E-state index in [0.29, 0.717) is 13.2 Å². The molecule has 1 aliphatic heterocycles. The van der Waals surface area contributed by atoms with Crippen LogP contribution >= 0.6 is 0 Å². The van der Waals surface area contributed by atoms with Crippen molar-refractivity contribution in [3.05, 3.63) is 18.2 Å². The lowest BCUT2D eigenvalue weighted by Crippen LogP contribution is -2.05. The summed E-state index contributed by atoms with van der Waals surface area (Å²) >= 11 is 0. The Hall–Kier alpha value is -0.870. The van der Waals surface area contributed by atoms with E-state index < -0.39 is 0 Å². The maximum Gasteiger partial charge on any atom is 0.217 e. The van der Waals surface area contributed by atoms with E-state index in [0.717, 1.165) is 5.82 Å². The van der Waals surface area contributed by atoms with Gasteiger partial charge in [0, 0.05) is 19.4 Å². The summed E-state index contributed by atoms with van der Waals surface area (Å²) in [5.41, 5.74) is 0. The first-order valence-electron chi connectivity index (χ1n) is 3.58. The zero-order valence-corrected chi connectivity index (χ0v) is 6.36. The molecule has 60 valence electrons. The molecule has 1 fully saturated rings. The number of aryl methyl sites for hydroxylation is 1. The monoisotopic (exact) mass is 154 g/mol. The third-order valence-corrected chi connectivity index (χ3v) is 1.69. The van der Waals surface area contributed by atoms with Gasteiger partial charge < -0.3 is 14.0 Å². The number of nitrogens with zero attached hydrogens (tertiary/aromatic N) is 2.